The largest absolute Gasteiger partial charge is 0.497 e. The van der Waals surface area contributed by atoms with E-state index in [1.54, 1.807) is 7.11 Å². The predicted octanol–water partition coefficient (Wildman–Crippen LogP) is 6.31. The number of fused-ring (bicyclic) bond motifs is 1. The second-order valence-electron chi connectivity index (χ2n) is 5.10. The van der Waals surface area contributed by atoms with Crippen LogP contribution in [0.4, 0.5) is 0 Å². The third-order valence-corrected chi connectivity index (χ3v) is 5.09. The molecule has 0 saturated carbocycles. The van der Waals surface area contributed by atoms with Gasteiger partial charge in [-0.2, -0.15) is 0 Å². The molecule has 0 amide bonds. The number of methoxy groups -OCH3 is 1. The van der Waals surface area contributed by atoms with Crippen molar-refractivity contribution in [2.75, 3.05) is 7.11 Å². The summed E-state index contributed by atoms with van der Waals surface area (Å²) in [4.78, 5) is 0. The van der Waals surface area contributed by atoms with E-state index in [1.807, 2.05) is 12.1 Å². The minimum absolute atomic E-state index is 0.849. The lowest BCUT2D eigenvalue weighted by Crippen LogP contribution is -1.93. The van der Waals surface area contributed by atoms with E-state index in [-0.39, 0.29) is 0 Å². The van der Waals surface area contributed by atoms with Gasteiger partial charge in [-0.3, -0.25) is 0 Å². The quantitative estimate of drug-likeness (QED) is 0.450. The van der Waals surface area contributed by atoms with Crippen LogP contribution in [0.2, 0.25) is 0 Å². The first-order valence-electron chi connectivity index (χ1n) is 7.08. The molecule has 0 unspecified atom stereocenters. The highest BCUT2D eigenvalue weighted by atomic mass is 79.9. The highest BCUT2D eigenvalue weighted by Gasteiger charge is 2.12. The highest BCUT2D eigenvalue weighted by Crippen LogP contribution is 2.35. The van der Waals surface area contributed by atoms with Gasteiger partial charge in [0.15, 0.2) is 0 Å². The van der Waals surface area contributed by atoms with Crippen molar-refractivity contribution in [1.82, 2.24) is 0 Å². The molecule has 0 radical (unpaired) electrons. The molecule has 0 spiro atoms. The van der Waals surface area contributed by atoms with Crippen LogP contribution < -0.4 is 4.74 Å². The van der Waals surface area contributed by atoms with E-state index in [4.69, 9.17) is 4.74 Å². The van der Waals surface area contributed by atoms with Crippen LogP contribution in [0.3, 0.4) is 0 Å². The second-order valence-corrected chi connectivity index (χ2v) is 6.22. The molecule has 0 aromatic heterocycles. The molecule has 0 fully saturated rings. The fourth-order valence-corrected chi connectivity index (χ4v) is 3.94. The standard InChI is InChI=1S/C19H16Br2O/c1-22-15-8-6-13(7-9-15)18-10-14(11-20)19(12-21)17-5-3-2-4-16(17)18/h2-10H,11-12H2,1H3. The summed E-state index contributed by atoms with van der Waals surface area (Å²) in [5.41, 5.74) is 5.14. The average Bonchev–Trinajstić information content (AvgIpc) is 2.60. The first kappa shape index (κ1) is 15.6. The van der Waals surface area contributed by atoms with Crippen LogP contribution in [0.15, 0.2) is 54.6 Å². The molecule has 112 valence electrons. The molecule has 22 heavy (non-hydrogen) atoms. The third-order valence-electron chi connectivity index (χ3n) is 3.93. The Morgan fingerprint density at radius 2 is 1.55 bits per heavy atom. The van der Waals surface area contributed by atoms with Crippen LogP contribution >= 0.6 is 31.9 Å². The Labute approximate surface area is 147 Å². The van der Waals surface area contributed by atoms with Gasteiger partial charge in [0.2, 0.25) is 0 Å². The van der Waals surface area contributed by atoms with Gasteiger partial charge in [0.05, 0.1) is 7.11 Å². The van der Waals surface area contributed by atoms with Gasteiger partial charge in [-0.05, 0) is 51.2 Å². The van der Waals surface area contributed by atoms with E-state index in [2.05, 4.69) is 74.3 Å². The molecule has 3 aromatic carbocycles. The second kappa shape index (κ2) is 6.84. The predicted molar refractivity (Wildman–Crippen MR) is 101 cm³/mol. The zero-order valence-corrected chi connectivity index (χ0v) is 15.4. The van der Waals surface area contributed by atoms with E-state index < -0.39 is 0 Å². The number of ether oxygens (including phenoxy) is 1. The number of halogens is 2. The molecule has 1 nitrogen and oxygen atoms in total. The topological polar surface area (TPSA) is 9.23 Å². The van der Waals surface area contributed by atoms with E-state index in [0.717, 1.165) is 16.4 Å². The Balaban J connectivity index is 2.28. The molecular weight excluding hydrogens is 404 g/mol. The number of alkyl halides is 2. The molecule has 3 rings (SSSR count). The first-order chi connectivity index (χ1) is 10.8. The summed E-state index contributed by atoms with van der Waals surface area (Å²) >= 11 is 7.26. The van der Waals surface area contributed by atoms with Crippen molar-refractivity contribution in [1.29, 1.82) is 0 Å². The Morgan fingerprint density at radius 1 is 0.864 bits per heavy atom. The summed E-state index contributed by atoms with van der Waals surface area (Å²) < 4.78 is 5.26. The fourth-order valence-electron chi connectivity index (χ4n) is 2.78. The van der Waals surface area contributed by atoms with Crippen molar-refractivity contribution >= 4 is 42.6 Å². The summed E-state index contributed by atoms with van der Waals surface area (Å²) in [5, 5.41) is 4.30. The molecule has 0 aliphatic rings. The smallest absolute Gasteiger partial charge is 0.118 e. The van der Waals surface area contributed by atoms with E-state index >= 15 is 0 Å². The fraction of sp³-hybridized carbons (Fsp3) is 0.158. The van der Waals surface area contributed by atoms with Crippen LogP contribution in [0, 0.1) is 0 Å². The molecular formula is C19H16Br2O. The van der Waals surface area contributed by atoms with Gasteiger partial charge in [-0.1, -0.05) is 68.3 Å². The van der Waals surface area contributed by atoms with Crippen molar-refractivity contribution in [3.8, 4) is 16.9 Å². The molecule has 0 N–H and O–H groups in total. The third kappa shape index (κ3) is 2.80. The normalized spacial score (nSPS) is 10.9. The van der Waals surface area contributed by atoms with Gasteiger partial charge in [0, 0.05) is 10.7 Å². The molecule has 0 bridgehead atoms. The Kier molecular flexibility index (Phi) is 4.84. The summed E-state index contributed by atoms with van der Waals surface area (Å²) in [5.74, 6) is 0.880. The van der Waals surface area contributed by atoms with Crippen LogP contribution in [0.5, 0.6) is 5.75 Å². The maximum absolute atomic E-state index is 5.26. The molecule has 0 heterocycles. The summed E-state index contributed by atoms with van der Waals surface area (Å²) in [6, 6.07) is 19.1. The monoisotopic (exact) mass is 418 g/mol. The minimum atomic E-state index is 0.849. The van der Waals surface area contributed by atoms with Gasteiger partial charge in [-0.25, -0.2) is 0 Å². The van der Waals surface area contributed by atoms with Gasteiger partial charge in [-0.15, -0.1) is 0 Å². The van der Waals surface area contributed by atoms with Crippen molar-refractivity contribution in [2.24, 2.45) is 0 Å². The van der Waals surface area contributed by atoms with Gasteiger partial charge < -0.3 is 4.74 Å². The minimum Gasteiger partial charge on any atom is -0.497 e. The van der Waals surface area contributed by atoms with E-state index in [0.29, 0.717) is 0 Å². The lowest BCUT2D eigenvalue weighted by Gasteiger charge is -2.15. The Hall–Kier alpha value is -1.32. The van der Waals surface area contributed by atoms with Crippen molar-refractivity contribution < 1.29 is 4.74 Å². The Morgan fingerprint density at radius 3 is 2.14 bits per heavy atom. The van der Waals surface area contributed by atoms with Crippen molar-refractivity contribution in [3.63, 3.8) is 0 Å². The first-order valence-corrected chi connectivity index (χ1v) is 9.32. The van der Waals surface area contributed by atoms with E-state index in [1.165, 1.54) is 33.0 Å². The molecule has 3 aromatic rings. The zero-order valence-electron chi connectivity index (χ0n) is 12.3. The van der Waals surface area contributed by atoms with Crippen LogP contribution in [0.1, 0.15) is 11.1 Å². The number of rotatable bonds is 4. The molecule has 0 aliphatic carbocycles. The number of benzene rings is 3. The van der Waals surface area contributed by atoms with Crippen LogP contribution in [-0.4, -0.2) is 7.11 Å². The zero-order chi connectivity index (χ0) is 15.5. The lowest BCUT2D eigenvalue weighted by atomic mass is 9.92. The highest BCUT2D eigenvalue weighted by molar-refractivity contribution is 9.09. The van der Waals surface area contributed by atoms with Crippen LogP contribution in [-0.2, 0) is 10.7 Å². The molecule has 0 saturated heterocycles. The summed E-state index contributed by atoms with van der Waals surface area (Å²) in [7, 11) is 1.69. The molecule has 3 heteroatoms. The SMILES string of the molecule is COc1ccc(-c2cc(CBr)c(CBr)c3ccccc23)cc1. The maximum Gasteiger partial charge on any atom is 0.118 e. The summed E-state index contributed by atoms with van der Waals surface area (Å²) in [6.07, 6.45) is 0. The van der Waals surface area contributed by atoms with Crippen LogP contribution in [0.25, 0.3) is 21.9 Å². The van der Waals surface area contributed by atoms with Gasteiger partial charge in [0.1, 0.15) is 5.75 Å². The number of hydrogen-bond donors (Lipinski definition) is 0. The number of hydrogen-bond acceptors (Lipinski definition) is 1. The lowest BCUT2D eigenvalue weighted by molar-refractivity contribution is 0.415. The molecule has 0 atom stereocenters. The van der Waals surface area contributed by atoms with Gasteiger partial charge in [0.25, 0.3) is 0 Å². The maximum atomic E-state index is 5.26. The molecule has 0 aliphatic heterocycles. The Bertz CT molecular complexity index is 794. The van der Waals surface area contributed by atoms with Crippen molar-refractivity contribution in [2.45, 2.75) is 10.7 Å². The van der Waals surface area contributed by atoms with Crippen molar-refractivity contribution in [3.05, 3.63) is 65.7 Å². The van der Waals surface area contributed by atoms with Gasteiger partial charge >= 0.3 is 0 Å². The van der Waals surface area contributed by atoms with E-state index in [9.17, 15) is 0 Å². The summed E-state index contributed by atoms with van der Waals surface area (Å²) in [6.45, 7) is 0. The average molecular weight is 420 g/mol.